The zero-order valence-electron chi connectivity index (χ0n) is 19.0. The molecule has 3 aromatic rings. The number of thioether (sulfide) groups is 1. The number of anilines is 1. The molecule has 1 aromatic heterocycles. The van der Waals surface area contributed by atoms with E-state index in [4.69, 9.17) is 19.3 Å². The molecule has 0 radical (unpaired) electrons. The second kappa shape index (κ2) is 9.52. The first-order valence-corrected chi connectivity index (χ1v) is 11.4. The zero-order valence-corrected chi connectivity index (χ0v) is 19.8. The van der Waals surface area contributed by atoms with Gasteiger partial charge < -0.3 is 19.1 Å². The van der Waals surface area contributed by atoms with E-state index in [1.165, 1.54) is 5.69 Å². The van der Waals surface area contributed by atoms with Crippen LogP contribution in [-0.4, -0.2) is 60.8 Å². The van der Waals surface area contributed by atoms with Crippen molar-refractivity contribution in [3.8, 4) is 28.6 Å². The standard InChI is InChI=1S/C23H27N5O3S/c1-6-27(7-2)17-10-8-15(9-11-17)18-14-32-23-25-24-22(28(23)26-18)16-12-19(29-3)21(31-5)20(13-16)30-4/h8-13H,6-7,14H2,1-5H3. The predicted molar refractivity (Wildman–Crippen MR) is 128 cm³/mol. The number of benzene rings is 2. The molecule has 0 spiro atoms. The number of ether oxygens (including phenoxy) is 3. The molecule has 1 aliphatic heterocycles. The van der Waals surface area contributed by atoms with Crippen molar-refractivity contribution in [2.45, 2.75) is 19.0 Å². The predicted octanol–water partition coefficient (Wildman–Crippen LogP) is 4.18. The fourth-order valence-electron chi connectivity index (χ4n) is 3.71. The van der Waals surface area contributed by atoms with Crippen LogP contribution in [0.2, 0.25) is 0 Å². The Bertz CT molecular complexity index is 1100. The summed E-state index contributed by atoms with van der Waals surface area (Å²) in [5, 5.41) is 14.3. The molecular weight excluding hydrogens is 426 g/mol. The van der Waals surface area contributed by atoms with Crippen LogP contribution in [0.25, 0.3) is 11.4 Å². The Balaban J connectivity index is 1.72. The van der Waals surface area contributed by atoms with Crippen molar-refractivity contribution in [1.82, 2.24) is 14.9 Å². The van der Waals surface area contributed by atoms with Gasteiger partial charge in [-0.3, -0.25) is 0 Å². The number of methoxy groups -OCH3 is 3. The Hall–Kier alpha value is -3.20. The minimum absolute atomic E-state index is 0.531. The van der Waals surface area contributed by atoms with Crippen LogP contribution >= 0.6 is 11.8 Å². The van der Waals surface area contributed by atoms with Crippen molar-refractivity contribution >= 4 is 23.2 Å². The molecule has 168 valence electrons. The largest absolute Gasteiger partial charge is 0.493 e. The molecule has 0 bridgehead atoms. The van der Waals surface area contributed by atoms with Crippen LogP contribution in [0, 0.1) is 0 Å². The normalized spacial score (nSPS) is 12.7. The van der Waals surface area contributed by atoms with E-state index in [0.717, 1.165) is 40.8 Å². The lowest BCUT2D eigenvalue weighted by atomic mass is 10.1. The lowest BCUT2D eigenvalue weighted by Crippen LogP contribution is -2.21. The second-order valence-electron chi connectivity index (χ2n) is 7.09. The van der Waals surface area contributed by atoms with E-state index < -0.39 is 0 Å². The Morgan fingerprint density at radius 1 is 0.906 bits per heavy atom. The van der Waals surface area contributed by atoms with Crippen LogP contribution in [0.15, 0.2) is 46.7 Å². The molecular formula is C23H27N5O3S. The third-order valence-electron chi connectivity index (χ3n) is 5.42. The first kappa shape index (κ1) is 22.0. The third-order valence-corrected chi connectivity index (χ3v) is 6.35. The van der Waals surface area contributed by atoms with Crippen LogP contribution in [0.3, 0.4) is 0 Å². The number of fused-ring (bicyclic) bond motifs is 1. The molecule has 0 fully saturated rings. The van der Waals surface area contributed by atoms with Crippen molar-refractivity contribution in [1.29, 1.82) is 0 Å². The number of aromatic nitrogens is 3. The smallest absolute Gasteiger partial charge is 0.212 e. The molecule has 0 aliphatic carbocycles. The van der Waals surface area contributed by atoms with Crippen LogP contribution in [0.4, 0.5) is 5.69 Å². The molecule has 8 nitrogen and oxygen atoms in total. The summed E-state index contributed by atoms with van der Waals surface area (Å²) < 4.78 is 18.2. The summed E-state index contributed by atoms with van der Waals surface area (Å²) >= 11 is 1.62. The van der Waals surface area contributed by atoms with E-state index in [9.17, 15) is 0 Å². The molecule has 9 heteroatoms. The van der Waals surface area contributed by atoms with Gasteiger partial charge in [-0.1, -0.05) is 23.9 Å². The topological polar surface area (TPSA) is 74.0 Å². The highest BCUT2D eigenvalue weighted by Crippen LogP contribution is 2.41. The molecule has 4 rings (SSSR count). The summed E-state index contributed by atoms with van der Waals surface area (Å²) in [5.74, 6) is 2.99. The van der Waals surface area contributed by atoms with Gasteiger partial charge in [-0.2, -0.15) is 9.78 Å². The van der Waals surface area contributed by atoms with E-state index in [-0.39, 0.29) is 0 Å². The van der Waals surface area contributed by atoms with E-state index >= 15 is 0 Å². The number of hydrogen-bond acceptors (Lipinski definition) is 8. The maximum Gasteiger partial charge on any atom is 0.212 e. The van der Waals surface area contributed by atoms with Gasteiger partial charge in [0.05, 0.1) is 27.0 Å². The molecule has 0 unspecified atom stereocenters. The zero-order chi connectivity index (χ0) is 22.7. The third kappa shape index (κ3) is 4.00. The van der Waals surface area contributed by atoms with Crippen LogP contribution < -0.4 is 19.1 Å². The lowest BCUT2D eigenvalue weighted by molar-refractivity contribution is 0.324. The van der Waals surface area contributed by atoms with Gasteiger partial charge >= 0.3 is 0 Å². The van der Waals surface area contributed by atoms with Crippen molar-refractivity contribution in [2.24, 2.45) is 5.10 Å². The molecule has 2 aromatic carbocycles. The molecule has 32 heavy (non-hydrogen) atoms. The molecule has 0 saturated heterocycles. The highest BCUT2D eigenvalue weighted by Gasteiger charge is 2.23. The fourth-order valence-corrected chi connectivity index (χ4v) is 4.55. The fraction of sp³-hybridized carbons (Fsp3) is 0.348. The van der Waals surface area contributed by atoms with E-state index in [1.807, 2.05) is 12.1 Å². The van der Waals surface area contributed by atoms with Gasteiger partial charge in [0.15, 0.2) is 17.3 Å². The number of hydrogen-bond donors (Lipinski definition) is 0. The summed E-state index contributed by atoms with van der Waals surface area (Å²) in [6.45, 7) is 6.29. The van der Waals surface area contributed by atoms with E-state index in [0.29, 0.717) is 23.1 Å². The van der Waals surface area contributed by atoms with Gasteiger partial charge in [-0.25, -0.2) is 0 Å². The minimum Gasteiger partial charge on any atom is -0.493 e. The quantitative estimate of drug-likeness (QED) is 0.507. The summed E-state index contributed by atoms with van der Waals surface area (Å²) in [6.07, 6.45) is 0. The van der Waals surface area contributed by atoms with Gasteiger partial charge in [0.25, 0.3) is 0 Å². The molecule has 0 amide bonds. The highest BCUT2D eigenvalue weighted by atomic mass is 32.2. The maximum atomic E-state index is 5.49. The second-order valence-corrected chi connectivity index (χ2v) is 8.03. The van der Waals surface area contributed by atoms with Gasteiger partial charge in [0, 0.05) is 30.1 Å². The summed E-state index contributed by atoms with van der Waals surface area (Å²) in [6, 6.07) is 12.3. The Morgan fingerprint density at radius 2 is 1.56 bits per heavy atom. The lowest BCUT2D eigenvalue weighted by Gasteiger charge is -2.21. The van der Waals surface area contributed by atoms with Gasteiger partial charge in [-0.05, 0) is 43.7 Å². The molecule has 2 heterocycles. The first-order chi connectivity index (χ1) is 15.6. The van der Waals surface area contributed by atoms with Crippen LogP contribution in [-0.2, 0) is 0 Å². The summed E-state index contributed by atoms with van der Waals surface area (Å²) in [7, 11) is 4.76. The van der Waals surface area contributed by atoms with Gasteiger partial charge in [0.2, 0.25) is 10.9 Å². The number of nitrogens with zero attached hydrogens (tertiary/aromatic N) is 5. The molecule has 0 saturated carbocycles. The molecule has 0 N–H and O–H groups in total. The van der Waals surface area contributed by atoms with Crippen molar-refractivity contribution in [3.63, 3.8) is 0 Å². The van der Waals surface area contributed by atoms with E-state index in [1.54, 1.807) is 37.8 Å². The first-order valence-electron chi connectivity index (χ1n) is 10.4. The average Bonchev–Trinajstić information content (AvgIpc) is 3.27. The van der Waals surface area contributed by atoms with E-state index in [2.05, 4.69) is 53.2 Å². The highest BCUT2D eigenvalue weighted by molar-refractivity contribution is 7.99. The van der Waals surface area contributed by atoms with Crippen molar-refractivity contribution < 1.29 is 14.2 Å². The minimum atomic E-state index is 0.531. The van der Waals surface area contributed by atoms with Crippen molar-refractivity contribution in [3.05, 3.63) is 42.0 Å². The Morgan fingerprint density at radius 3 is 2.12 bits per heavy atom. The monoisotopic (exact) mass is 453 g/mol. The van der Waals surface area contributed by atoms with Crippen LogP contribution in [0.5, 0.6) is 17.2 Å². The van der Waals surface area contributed by atoms with Crippen LogP contribution in [0.1, 0.15) is 19.4 Å². The number of rotatable bonds is 8. The maximum absolute atomic E-state index is 5.49. The average molecular weight is 454 g/mol. The van der Waals surface area contributed by atoms with Gasteiger partial charge in [-0.15, -0.1) is 10.2 Å². The summed E-state index contributed by atoms with van der Waals surface area (Å²) in [4.78, 5) is 2.32. The Labute approximate surface area is 192 Å². The summed E-state index contributed by atoms with van der Waals surface area (Å²) in [5.41, 5.74) is 4.05. The van der Waals surface area contributed by atoms with Crippen molar-refractivity contribution in [2.75, 3.05) is 45.1 Å². The Kier molecular flexibility index (Phi) is 6.55. The molecule has 0 atom stereocenters. The van der Waals surface area contributed by atoms with Gasteiger partial charge in [0.1, 0.15) is 0 Å². The molecule has 1 aliphatic rings. The SMILES string of the molecule is CCN(CC)c1ccc(C2=Nn3c(nnc3-c3cc(OC)c(OC)c(OC)c3)SC2)cc1.